The molecular weight excluding hydrogens is 198 g/mol. The molecule has 1 unspecified atom stereocenters. The second-order valence-corrected chi connectivity index (χ2v) is 4.92. The summed E-state index contributed by atoms with van der Waals surface area (Å²) in [6.07, 6.45) is 0.742. The summed E-state index contributed by atoms with van der Waals surface area (Å²) >= 11 is 0. The van der Waals surface area contributed by atoms with Gasteiger partial charge in [0.1, 0.15) is 0 Å². The summed E-state index contributed by atoms with van der Waals surface area (Å²) in [5.41, 5.74) is 8.80. The number of carbonyl (C=O) groups excluding carboxylic acids is 1. The maximum Gasteiger partial charge on any atom is 0.179 e. The van der Waals surface area contributed by atoms with Gasteiger partial charge in [-0.15, -0.1) is 0 Å². The molecule has 2 heteroatoms. The van der Waals surface area contributed by atoms with Crippen molar-refractivity contribution in [3.63, 3.8) is 0 Å². The van der Waals surface area contributed by atoms with Crippen LogP contribution in [0.15, 0.2) is 18.2 Å². The van der Waals surface area contributed by atoms with Crippen LogP contribution in [0.3, 0.4) is 0 Å². The van der Waals surface area contributed by atoms with E-state index in [4.69, 9.17) is 5.73 Å². The lowest BCUT2D eigenvalue weighted by molar-refractivity contribution is 0.0950. The van der Waals surface area contributed by atoms with Crippen molar-refractivity contribution in [3.8, 4) is 0 Å². The SMILES string of the molecule is Cc1ccc(C)c(C(=O)C(N)CC(C)C)c1. The average Bonchev–Trinajstić information content (AvgIpc) is 2.19. The van der Waals surface area contributed by atoms with Crippen LogP contribution in [0, 0.1) is 19.8 Å². The fraction of sp³-hybridized carbons (Fsp3) is 0.500. The fourth-order valence-electron chi connectivity index (χ4n) is 1.82. The monoisotopic (exact) mass is 219 g/mol. The number of nitrogens with two attached hydrogens (primary N) is 1. The van der Waals surface area contributed by atoms with Crippen molar-refractivity contribution in [2.75, 3.05) is 0 Å². The number of Topliss-reactive ketones (excluding diaryl/α,β-unsaturated/α-hetero) is 1. The van der Waals surface area contributed by atoms with Crippen molar-refractivity contribution in [2.45, 2.75) is 40.2 Å². The topological polar surface area (TPSA) is 43.1 Å². The van der Waals surface area contributed by atoms with E-state index in [1.807, 2.05) is 32.0 Å². The third-order valence-corrected chi connectivity index (χ3v) is 2.72. The van der Waals surface area contributed by atoms with Crippen LogP contribution in [0.25, 0.3) is 0 Å². The van der Waals surface area contributed by atoms with Crippen LogP contribution < -0.4 is 5.73 Å². The second-order valence-electron chi connectivity index (χ2n) is 4.92. The van der Waals surface area contributed by atoms with E-state index >= 15 is 0 Å². The van der Waals surface area contributed by atoms with Crippen molar-refractivity contribution >= 4 is 5.78 Å². The average molecular weight is 219 g/mol. The van der Waals surface area contributed by atoms with Gasteiger partial charge in [-0.3, -0.25) is 4.79 Å². The van der Waals surface area contributed by atoms with Gasteiger partial charge in [0, 0.05) is 5.56 Å². The minimum Gasteiger partial charge on any atom is -0.321 e. The summed E-state index contributed by atoms with van der Waals surface area (Å²) in [6, 6.07) is 5.54. The van der Waals surface area contributed by atoms with Gasteiger partial charge < -0.3 is 5.73 Å². The molecular formula is C14H21NO. The molecule has 0 aliphatic rings. The standard InChI is InChI=1S/C14H21NO/c1-9(2)7-13(15)14(16)12-8-10(3)5-6-11(12)4/h5-6,8-9,13H,7,15H2,1-4H3. The molecule has 0 amide bonds. The maximum absolute atomic E-state index is 12.1. The number of benzene rings is 1. The van der Waals surface area contributed by atoms with Crippen molar-refractivity contribution in [1.29, 1.82) is 0 Å². The van der Waals surface area contributed by atoms with Crippen molar-refractivity contribution < 1.29 is 4.79 Å². The van der Waals surface area contributed by atoms with Gasteiger partial charge in [-0.05, 0) is 37.8 Å². The van der Waals surface area contributed by atoms with Crippen LogP contribution in [0.4, 0.5) is 0 Å². The van der Waals surface area contributed by atoms with Crippen molar-refractivity contribution in [3.05, 3.63) is 34.9 Å². The third kappa shape index (κ3) is 3.17. The Balaban J connectivity index is 2.91. The molecule has 0 aliphatic heterocycles. The molecule has 88 valence electrons. The van der Waals surface area contributed by atoms with Gasteiger partial charge in [0.15, 0.2) is 5.78 Å². The van der Waals surface area contributed by atoms with Crippen molar-refractivity contribution in [2.24, 2.45) is 11.7 Å². The molecule has 0 saturated carbocycles. The lowest BCUT2D eigenvalue weighted by atomic mass is 9.93. The predicted octanol–water partition coefficient (Wildman–Crippen LogP) is 2.86. The highest BCUT2D eigenvalue weighted by molar-refractivity contribution is 6.01. The Bertz CT molecular complexity index is 382. The van der Waals surface area contributed by atoms with E-state index in [-0.39, 0.29) is 11.8 Å². The highest BCUT2D eigenvalue weighted by Crippen LogP contribution is 2.15. The molecule has 0 radical (unpaired) electrons. The molecule has 1 atom stereocenters. The van der Waals surface area contributed by atoms with Gasteiger partial charge in [0.05, 0.1) is 6.04 Å². The maximum atomic E-state index is 12.1. The molecule has 0 bridgehead atoms. The zero-order valence-corrected chi connectivity index (χ0v) is 10.6. The third-order valence-electron chi connectivity index (χ3n) is 2.72. The summed E-state index contributed by atoms with van der Waals surface area (Å²) in [7, 11) is 0. The Morgan fingerprint density at radius 1 is 1.31 bits per heavy atom. The van der Waals surface area contributed by atoms with E-state index in [0.29, 0.717) is 5.92 Å². The molecule has 0 aromatic heterocycles. The normalized spacial score (nSPS) is 12.9. The summed E-state index contributed by atoms with van der Waals surface area (Å²) in [6.45, 7) is 8.10. The summed E-state index contributed by atoms with van der Waals surface area (Å²) in [5.74, 6) is 0.513. The molecule has 1 aromatic rings. The molecule has 0 saturated heterocycles. The molecule has 1 aromatic carbocycles. The number of aryl methyl sites for hydroxylation is 2. The van der Waals surface area contributed by atoms with Crippen LogP contribution in [-0.2, 0) is 0 Å². The Morgan fingerprint density at radius 3 is 2.50 bits per heavy atom. The quantitative estimate of drug-likeness (QED) is 0.791. The highest BCUT2D eigenvalue weighted by atomic mass is 16.1. The number of hydrogen-bond donors (Lipinski definition) is 1. The first-order chi connectivity index (χ1) is 7.41. The zero-order chi connectivity index (χ0) is 12.3. The Labute approximate surface area is 97.9 Å². The molecule has 0 fully saturated rings. The van der Waals surface area contributed by atoms with E-state index in [1.54, 1.807) is 0 Å². The summed E-state index contributed by atoms with van der Waals surface area (Å²) in [5, 5.41) is 0. The summed E-state index contributed by atoms with van der Waals surface area (Å²) < 4.78 is 0. The molecule has 1 rings (SSSR count). The zero-order valence-electron chi connectivity index (χ0n) is 10.6. The molecule has 2 nitrogen and oxygen atoms in total. The smallest absolute Gasteiger partial charge is 0.179 e. The van der Waals surface area contributed by atoms with E-state index in [0.717, 1.165) is 23.1 Å². The molecule has 0 heterocycles. The van der Waals surface area contributed by atoms with Crippen LogP contribution in [0.5, 0.6) is 0 Å². The number of ketones is 1. The number of rotatable bonds is 4. The minimum absolute atomic E-state index is 0.0647. The second kappa shape index (κ2) is 5.26. The van der Waals surface area contributed by atoms with Gasteiger partial charge in [0.2, 0.25) is 0 Å². The fourth-order valence-corrected chi connectivity index (χ4v) is 1.82. The van der Waals surface area contributed by atoms with Gasteiger partial charge in [-0.25, -0.2) is 0 Å². The predicted molar refractivity (Wildman–Crippen MR) is 67.7 cm³/mol. The Hall–Kier alpha value is -1.15. The first kappa shape index (κ1) is 12.9. The van der Waals surface area contributed by atoms with Gasteiger partial charge in [0.25, 0.3) is 0 Å². The van der Waals surface area contributed by atoms with Crippen LogP contribution in [0.1, 0.15) is 41.8 Å². The molecule has 0 aliphatic carbocycles. The molecule has 0 spiro atoms. The lowest BCUT2D eigenvalue weighted by Gasteiger charge is -2.14. The van der Waals surface area contributed by atoms with Gasteiger partial charge >= 0.3 is 0 Å². The largest absolute Gasteiger partial charge is 0.321 e. The lowest BCUT2D eigenvalue weighted by Crippen LogP contribution is -2.32. The van der Waals surface area contributed by atoms with E-state index in [9.17, 15) is 4.79 Å². The van der Waals surface area contributed by atoms with Gasteiger partial charge in [-0.1, -0.05) is 31.5 Å². The van der Waals surface area contributed by atoms with E-state index in [2.05, 4.69) is 13.8 Å². The van der Waals surface area contributed by atoms with Crippen LogP contribution in [0.2, 0.25) is 0 Å². The minimum atomic E-state index is -0.375. The van der Waals surface area contributed by atoms with E-state index in [1.165, 1.54) is 0 Å². The number of hydrogen-bond acceptors (Lipinski definition) is 2. The Kier molecular flexibility index (Phi) is 4.25. The van der Waals surface area contributed by atoms with Crippen LogP contribution in [-0.4, -0.2) is 11.8 Å². The van der Waals surface area contributed by atoms with Gasteiger partial charge in [-0.2, -0.15) is 0 Å². The molecule has 16 heavy (non-hydrogen) atoms. The van der Waals surface area contributed by atoms with E-state index < -0.39 is 0 Å². The van der Waals surface area contributed by atoms with Crippen LogP contribution >= 0.6 is 0 Å². The first-order valence-corrected chi connectivity index (χ1v) is 5.79. The Morgan fingerprint density at radius 2 is 1.94 bits per heavy atom. The summed E-state index contributed by atoms with van der Waals surface area (Å²) in [4.78, 5) is 12.1. The first-order valence-electron chi connectivity index (χ1n) is 5.79. The van der Waals surface area contributed by atoms with Crippen molar-refractivity contribution in [1.82, 2.24) is 0 Å². The highest BCUT2D eigenvalue weighted by Gasteiger charge is 2.18. The molecule has 2 N–H and O–H groups in total. The number of carbonyl (C=O) groups is 1.